The SMILES string of the molecule is COC(=O)CCN(C)S(=O)(=O)NC(C)C1CCOC1. The molecule has 1 aliphatic rings. The summed E-state index contributed by atoms with van der Waals surface area (Å²) < 4.78 is 37.5. The Balaban J connectivity index is 2.47. The minimum absolute atomic E-state index is 0.0365. The largest absolute Gasteiger partial charge is 0.469 e. The van der Waals surface area contributed by atoms with E-state index in [2.05, 4.69) is 9.46 Å². The molecule has 1 saturated heterocycles. The average Bonchev–Trinajstić information content (AvgIpc) is 2.88. The monoisotopic (exact) mass is 294 g/mol. The second kappa shape index (κ2) is 7.18. The van der Waals surface area contributed by atoms with Gasteiger partial charge in [-0.1, -0.05) is 0 Å². The van der Waals surface area contributed by atoms with Gasteiger partial charge in [0.2, 0.25) is 0 Å². The summed E-state index contributed by atoms with van der Waals surface area (Å²) in [5.41, 5.74) is 0. The minimum Gasteiger partial charge on any atom is -0.469 e. The molecule has 7 nitrogen and oxygen atoms in total. The molecule has 0 aromatic rings. The van der Waals surface area contributed by atoms with Crippen LogP contribution in [0.15, 0.2) is 0 Å². The second-order valence-electron chi connectivity index (χ2n) is 4.68. The van der Waals surface area contributed by atoms with Gasteiger partial charge in [-0.2, -0.15) is 17.4 Å². The van der Waals surface area contributed by atoms with E-state index < -0.39 is 16.2 Å². The number of carbonyl (C=O) groups is 1. The highest BCUT2D eigenvalue weighted by Crippen LogP contribution is 2.17. The van der Waals surface area contributed by atoms with Crippen LogP contribution < -0.4 is 4.72 Å². The predicted molar refractivity (Wildman–Crippen MR) is 69.7 cm³/mol. The molecule has 2 atom stereocenters. The number of hydrogen-bond donors (Lipinski definition) is 1. The fourth-order valence-electron chi connectivity index (χ4n) is 1.84. The third-order valence-electron chi connectivity index (χ3n) is 3.28. The quantitative estimate of drug-likeness (QED) is 0.654. The fraction of sp³-hybridized carbons (Fsp3) is 0.909. The summed E-state index contributed by atoms with van der Waals surface area (Å²) in [6.45, 7) is 3.17. The van der Waals surface area contributed by atoms with Crippen LogP contribution in [0.25, 0.3) is 0 Å². The van der Waals surface area contributed by atoms with Crippen molar-refractivity contribution in [3.8, 4) is 0 Å². The number of carbonyl (C=O) groups excluding carboxylic acids is 1. The van der Waals surface area contributed by atoms with Gasteiger partial charge < -0.3 is 9.47 Å². The lowest BCUT2D eigenvalue weighted by atomic mass is 10.0. The van der Waals surface area contributed by atoms with E-state index in [0.717, 1.165) is 10.7 Å². The lowest BCUT2D eigenvalue weighted by Crippen LogP contribution is -2.46. The molecular weight excluding hydrogens is 272 g/mol. The summed E-state index contributed by atoms with van der Waals surface area (Å²) >= 11 is 0. The highest BCUT2D eigenvalue weighted by molar-refractivity contribution is 7.87. The molecule has 0 bridgehead atoms. The van der Waals surface area contributed by atoms with Gasteiger partial charge in [0.15, 0.2) is 0 Å². The maximum Gasteiger partial charge on any atom is 0.306 e. The normalized spacial score (nSPS) is 21.6. The highest BCUT2D eigenvalue weighted by atomic mass is 32.2. The third-order valence-corrected chi connectivity index (χ3v) is 4.95. The van der Waals surface area contributed by atoms with Gasteiger partial charge in [0.05, 0.1) is 20.1 Å². The van der Waals surface area contributed by atoms with Crippen molar-refractivity contribution >= 4 is 16.2 Å². The summed E-state index contributed by atoms with van der Waals surface area (Å²) in [5.74, 6) is -0.233. The van der Waals surface area contributed by atoms with Gasteiger partial charge in [0.25, 0.3) is 10.2 Å². The Morgan fingerprint density at radius 1 is 1.58 bits per heavy atom. The Hall–Kier alpha value is -0.700. The van der Waals surface area contributed by atoms with Crippen LogP contribution >= 0.6 is 0 Å². The number of ether oxygens (including phenoxy) is 2. The fourth-order valence-corrected chi connectivity index (χ4v) is 3.01. The van der Waals surface area contributed by atoms with Gasteiger partial charge >= 0.3 is 5.97 Å². The molecule has 2 unspecified atom stereocenters. The van der Waals surface area contributed by atoms with Gasteiger partial charge in [0, 0.05) is 32.2 Å². The third kappa shape index (κ3) is 5.06. The molecule has 1 heterocycles. The topological polar surface area (TPSA) is 84.9 Å². The van der Waals surface area contributed by atoms with E-state index in [4.69, 9.17) is 4.74 Å². The molecule has 1 aliphatic heterocycles. The smallest absolute Gasteiger partial charge is 0.306 e. The lowest BCUT2D eigenvalue weighted by molar-refractivity contribution is -0.140. The number of rotatable bonds is 7. The van der Waals surface area contributed by atoms with E-state index in [9.17, 15) is 13.2 Å². The van der Waals surface area contributed by atoms with Crippen molar-refractivity contribution in [3.63, 3.8) is 0 Å². The molecule has 19 heavy (non-hydrogen) atoms. The minimum atomic E-state index is -3.58. The summed E-state index contributed by atoms with van der Waals surface area (Å²) in [6.07, 6.45) is 0.893. The van der Waals surface area contributed by atoms with Crippen LogP contribution in [0.1, 0.15) is 19.8 Å². The number of hydrogen-bond acceptors (Lipinski definition) is 5. The van der Waals surface area contributed by atoms with E-state index in [1.54, 1.807) is 0 Å². The van der Waals surface area contributed by atoms with Crippen molar-refractivity contribution in [1.82, 2.24) is 9.03 Å². The highest BCUT2D eigenvalue weighted by Gasteiger charge is 2.28. The second-order valence-corrected chi connectivity index (χ2v) is 6.49. The number of methoxy groups -OCH3 is 1. The summed E-state index contributed by atoms with van der Waals surface area (Å²) in [5, 5.41) is 0. The zero-order valence-corrected chi connectivity index (χ0v) is 12.4. The zero-order valence-electron chi connectivity index (χ0n) is 11.6. The molecule has 0 aromatic heterocycles. The van der Waals surface area contributed by atoms with Crippen molar-refractivity contribution in [2.45, 2.75) is 25.8 Å². The number of nitrogens with one attached hydrogen (secondary N) is 1. The van der Waals surface area contributed by atoms with Gasteiger partial charge in [-0.25, -0.2) is 0 Å². The van der Waals surface area contributed by atoms with Crippen LogP contribution in [0, 0.1) is 5.92 Å². The Kier molecular flexibility index (Phi) is 6.18. The number of nitrogens with zero attached hydrogens (tertiary/aromatic N) is 1. The van der Waals surface area contributed by atoms with Crippen molar-refractivity contribution in [3.05, 3.63) is 0 Å². The first kappa shape index (κ1) is 16.4. The molecule has 1 fully saturated rings. The van der Waals surface area contributed by atoms with E-state index >= 15 is 0 Å². The maximum absolute atomic E-state index is 12.0. The first-order valence-electron chi connectivity index (χ1n) is 6.25. The first-order valence-corrected chi connectivity index (χ1v) is 7.69. The van der Waals surface area contributed by atoms with Crippen molar-refractivity contribution in [2.24, 2.45) is 5.92 Å². The van der Waals surface area contributed by atoms with Crippen LogP contribution in [0.2, 0.25) is 0 Å². The summed E-state index contributed by atoms with van der Waals surface area (Å²) in [7, 11) is -0.872. The average molecular weight is 294 g/mol. The van der Waals surface area contributed by atoms with Crippen LogP contribution in [0.5, 0.6) is 0 Å². The molecule has 0 aliphatic carbocycles. The molecule has 0 spiro atoms. The van der Waals surface area contributed by atoms with Crippen molar-refractivity contribution in [1.29, 1.82) is 0 Å². The molecule has 0 amide bonds. The van der Waals surface area contributed by atoms with Crippen molar-refractivity contribution < 1.29 is 22.7 Å². The Morgan fingerprint density at radius 2 is 2.26 bits per heavy atom. The molecule has 1 rings (SSSR count). The zero-order chi connectivity index (χ0) is 14.5. The van der Waals surface area contributed by atoms with Crippen LogP contribution in [0.3, 0.4) is 0 Å². The van der Waals surface area contributed by atoms with Gasteiger partial charge in [0.1, 0.15) is 0 Å². The van der Waals surface area contributed by atoms with E-state index in [1.807, 2.05) is 6.92 Å². The molecular formula is C11H22N2O5S. The summed E-state index contributed by atoms with van der Waals surface area (Å²) in [4.78, 5) is 11.0. The van der Waals surface area contributed by atoms with Gasteiger partial charge in [-0.3, -0.25) is 4.79 Å². The number of esters is 1. The van der Waals surface area contributed by atoms with E-state index in [-0.39, 0.29) is 24.9 Å². The van der Waals surface area contributed by atoms with Crippen LogP contribution in [-0.4, -0.2) is 58.7 Å². The van der Waals surface area contributed by atoms with Crippen molar-refractivity contribution in [2.75, 3.05) is 33.9 Å². The van der Waals surface area contributed by atoms with Gasteiger partial charge in [-0.15, -0.1) is 0 Å². The molecule has 0 radical (unpaired) electrons. The molecule has 0 saturated carbocycles. The Bertz CT molecular complexity index is 392. The van der Waals surface area contributed by atoms with Crippen LogP contribution in [0.4, 0.5) is 0 Å². The lowest BCUT2D eigenvalue weighted by Gasteiger charge is -2.23. The standard InChI is InChI=1S/C11H22N2O5S/c1-9(10-5-7-18-8-10)12-19(15,16)13(2)6-4-11(14)17-3/h9-10,12H,4-8H2,1-3H3. The first-order chi connectivity index (χ1) is 8.86. The Labute approximate surface area is 114 Å². The molecule has 1 N–H and O–H groups in total. The van der Waals surface area contributed by atoms with E-state index in [1.165, 1.54) is 14.2 Å². The van der Waals surface area contributed by atoms with E-state index in [0.29, 0.717) is 13.2 Å². The van der Waals surface area contributed by atoms with Gasteiger partial charge in [-0.05, 0) is 13.3 Å². The molecule has 0 aromatic carbocycles. The Morgan fingerprint density at radius 3 is 2.79 bits per heavy atom. The van der Waals surface area contributed by atoms with Crippen LogP contribution in [-0.2, 0) is 24.5 Å². The predicted octanol–water partition coefficient (Wildman–Crippen LogP) is -0.259. The molecule has 112 valence electrons. The molecule has 8 heteroatoms. The maximum atomic E-state index is 12.0. The summed E-state index contributed by atoms with van der Waals surface area (Å²) in [6, 6.07) is -0.187.